The molecular formula is C25H26O5S. The Balaban J connectivity index is 1.88. The van der Waals surface area contributed by atoms with Crippen molar-refractivity contribution in [2.24, 2.45) is 0 Å². The second kappa shape index (κ2) is 7.88. The van der Waals surface area contributed by atoms with Gasteiger partial charge in [-0.25, -0.2) is 13.3 Å². The van der Waals surface area contributed by atoms with Crippen LogP contribution in [0.4, 0.5) is 0 Å². The molecule has 162 valence electrons. The molecule has 0 spiro atoms. The third kappa shape index (κ3) is 3.92. The molecule has 2 atom stereocenters. The van der Waals surface area contributed by atoms with Crippen molar-refractivity contribution in [1.29, 1.82) is 0 Å². The molecule has 31 heavy (non-hydrogen) atoms. The Hall–Kier alpha value is -2.51. The quantitative estimate of drug-likeness (QED) is 0.610. The molecule has 1 N–H and O–H groups in total. The summed E-state index contributed by atoms with van der Waals surface area (Å²) in [5.41, 5.74) is 2.45. The highest BCUT2D eigenvalue weighted by Crippen LogP contribution is 2.47. The highest BCUT2D eigenvalue weighted by molar-refractivity contribution is 7.92. The van der Waals surface area contributed by atoms with Crippen molar-refractivity contribution in [2.45, 2.75) is 48.7 Å². The number of hydrogen-bond acceptors (Lipinski definition) is 5. The van der Waals surface area contributed by atoms with E-state index in [1.54, 1.807) is 18.2 Å². The maximum Gasteiger partial charge on any atom is 0.213 e. The Bertz CT molecular complexity index is 1110. The van der Waals surface area contributed by atoms with Crippen molar-refractivity contribution in [1.82, 2.24) is 0 Å². The zero-order valence-corrected chi connectivity index (χ0v) is 18.6. The van der Waals surface area contributed by atoms with E-state index in [-0.39, 0.29) is 11.3 Å². The molecule has 0 bridgehead atoms. The van der Waals surface area contributed by atoms with Gasteiger partial charge in [0.25, 0.3) is 0 Å². The fourth-order valence-corrected chi connectivity index (χ4v) is 5.94. The molecule has 0 aliphatic carbocycles. The van der Waals surface area contributed by atoms with Crippen LogP contribution < -0.4 is 0 Å². The van der Waals surface area contributed by atoms with Gasteiger partial charge in [-0.15, -0.1) is 0 Å². The van der Waals surface area contributed by atoms with Gasteiger partial charge in [-0.05, 0) is 44.0 Å². The summed E-state index contributed by atoms with van der Waals surface area (Å²) in [6.07, 6.45) is -0.0106. The van der Waals surface area contributed by atoms with Crippen LogP contribution in [0.5, 0.6) is 0 Å². The second-order valence-electron chi connectivity index (χ2n) is 8.33. The summed E-state index contributed by atoms with van der Waals surface area (Å²) >= 11 is 0. The standard InChI is InChI=1S/C25H26O5S/c1-18-9-13-20(14-10-18)25(21-15-11-19(2)12-16-21)17-23(24(3,26)29-30-25)31(27,28)22-7-5-4-6-8-22/h4-16,23,26H,17H2,1-3H3/t23-,24+/m0/s1. The van der Waals surface area contributed by atoms with Crippen LogP contribution in [0.25, 0.3) is 0 Å². The zero-order chi connectivity index (χ0) is 22.3. The van der Waals surface area contributed by atoms with Gasteiger partial charge >= 0.3 is 0 Å². The maximum atomic E-state index is 13.6. The summed E-state index contributed by atoms with van der Waals surface area (Å²) in [5, 5.41) is 9.67. The normalized spacial score (nSPS) is 23.4. The van der Waals surface area contributed by atoms with Crippen LogP contribution in [0.1, 0.15) is 35.6 Å². The number of sulfone groups is 1. The summed E-state index contributed by atoms with van der Waals surface area (Å²) in [6.45, 7) is 5.29. The van der Waals surface area contributed by atoms with Gasteiger partial charge in [-0.3, -0.25) is 0 Å². The van der Waals surface area contributed by atoms with E-state index in [1.165, 1.54) is 19.1 Å². The number of benzene rings is 3. The van der Waals surface area contributed by atoms with Gasteiger partial charge in [0.2, 0.25) is 5.79 Å². The molecule has 0 unspecified atom stereocenters. The molecule has 1 aliphatic heterocycles. The molecule has 0 aromatic heterocycles. The minimum Gasteiger partial charge on any atom is -0.362 e. The zero-order valence-electron chi connectivity index (χ0n) is 17.8. The summed E-state index contributed by atoms with van der Waals surface area (Å²) < 4.78 is 27.1. The van der Waals surface area contributed by atoms with E-state index in [9.17, 15) is 13.5 Å². The molecule has 6 heteroatoms. The highest BCUT2D eigenvalue weighted by Gasteiger charge is 2.56. The fourth-order valence-electron chi connectivity index (χ4n) is 4.01. The van der Waals surface area contributed by atoms with Crippen molar-refractivity contribution in [3.05, 3.63) is 101 Å². The van der Waals surface area contributed by atoms with Crippen molar-refractivity contribution in [3.8, 4) is 0 Å². The average molecular weight is 439 g/mol. The van der Waals surface area contributed by atoms with E-state index < -0.39 is 26.5 Å². The van der Waals surface area contributed by atoms with E-state index in [0.717, 1.165) is 22.3 Å². The molecule has 0 radical (unpaired) electrons. The van der Waals surface area contributed by atoms with E-state index >= 15 is 0 Å². The maximum absolute atomic E-state index is 13.6. The molecule has 4 rings (SSSR count). The highest BCUT2D eigenvalue weighted by atomic mass is 32.2. The first-order valence-corrected chi connectivity index (χ1v) is 11.7. The van der Waals surface area contributed by atoms with Crippen molar-refractivity contribution < 1.29 is 23.3 Å². The first kappa shape index (κ1) is 21.7. The molecule has 3 aromatic carbocycles. The molecule has 3 aromatic rings. The molecule has 1 aliphatic rings. The second-order valence-corrected chi connectivity index (χ2v) is 10.5. The number of aryl methyl sites for hydroxylation is 2. The fraction of sp³-hybridized carbons (Fsp3) is 0.280. The van der Waals surface area contributed by atoms with Gasteiger partial charge in [0.05, 0.1) is 4.90 Å². The lowest BCUT2D eigenvalue weighted by Crippen LogP contribution is -2.56. The Morgan fingerprint density at radius 2 is 1.29 bits per heavy atom. The SMILES string of the molecule is Cc1ccc(C2(c3ccc(C)cc3)C[C@H](S(=O)(=O)c3ccccc3)[C@](C)(O)OO2)cc1. The van der Waals surface area contributed by atoms with Gasteiger partial charge in [0, 0.05) is 6.42 Å². The third-order valence-electron chi connectivity index (χ3n) is 5.90. The number of hydrogen-bond donors (Lipinski definition) is 1. The average Bonchev–Trinajstić information content (AvgIpc) is 2.76. The summed E-state index contributed by atoms with van der Waals surface area (Å²) in [7, 11) is -3.93. The predicted octanol–water partition coefficient (Wildman–Crippen LogP) is 4.45. The van der Waals surface area contributed by atoms with E-state index in [1.807, 2.05) is 62.4 Å². The lowest BCUT2D eigenvalue weighted by atomic mass is 9.80. The molecule has 0 saturated carbocycles. The number of rotatable bonds is 4. The Kier molecular flexibility index (Phi) is 5.52. The monoisotopic (exact) mass is 438 g/mol. The molecule has 1 saturated heterocycles. The molecular weight excluding hydrogens is 412 g/mol. The van der Waals surface area contributed by atoms with Crippen LogP contribution in [0, 0.1) is 13.8 Å². The Morgan fingerprint density at radius 3 is 1.77 bits per heavy atom. The molecule has 5 nitrogen and oxygen atoms in total. The van der Waals surface area contributed by atoms with Crippen molar-refractivity contribution >= 4 is 9.84 Å². The third-order valence-corrected chi connectivity index (χ3v) is 8.19. The van der Waals surface area contributed by atoms with Gasteiger partial charge in [0.1, 0.15) is 5.25 Å². The Morgan fingerprint density at radius 1 is 0.806 bits per heavy atom. The van der Waals surface area contributed by atoms with Crippen LogP contribution in [0.3, 0.4) is 0 Å². The topological polar surface area (TPSA) is 72.8 Å². The van der Waals surface area contributed by atoms with Crippen LogP contribution in [0.15, 0.2) is 83.8 Å². The van der Waals surface area contributed by atoms with Crippen molar-refractivity contribution in [2.75, 3.05) is 0 Å². The van der Waals surface area contributed by atoms with E-state index in [2.05, 4.69) is 0 Å². The van der Waals surface area contributed by atoms with Crippen LogP contribution in [-0.4, -0.2) is 24.6 Å². The van der Waals surface area contributed by atoms with Gasteiger partial charge in [-0.1, -0.05) is 77.9 Å². The largest absolute Gasteiger partial charge is 0.362 e. The first-order valence-electron chi connectivity index (χ1n) is 10.2. The Labute approximate surface area is 183 Å². The van der Waals surface area contributed by atoms with Gasteiger partial charge in [-0.2, -0.15) is 4.89 Å². The van der Waals surface area contributed by atoms with Crippen molar-refractivity contribution in [3.63, 3.8) is 0 Å². The lowest BCUT2D eigenvalue weighted by molar-refractivity contribution is -0.475. The van der Waals surface area contributed by atoms with Crippen LogP contribution in [0.2, 0.25) is 0 Å². The first-order chi connectivity index (χ1) is 14.6. The van der Waals surface area contributed by atoms with Crippen LogP contribution >= 0.6 is 0 Å². The lowest BCUT2D eigenvalue weighted by Gasteiger charge is -2.45. The summed E-state index contributed by atoms with van der Waals surface area (Å²) in [5.74, 6) is -2.02. The minimum atomic E-state index is -3.93. The summed E-state index contributed by atoms with van der Waals surface area (Å²) in [4.78, 5) is 11.5. The predicted molar refractivity (Wildman–Crippen MR) is 118 cm³/mol. The van der Waals surface area contributed by atoms with E-state index in [0.29, 0.717) is 0 Å². The number of aliphatic hydroxyl groups is 1. The minimum absolute atomic E-state index is 0.0106. The molecule has 1 fully saturated rings. The van der Waals surface area contributed by atoms with Crippen LogP contribution in [-0.2, 0) is 25.2 Å². The molecule has 0 amide bonds. The smallest absolute Gasteiger partial charge is 0.213 e. The van der Waals surface area contributed by atoms with Gasteiger partial charge < -0.3 is 5.11 Å². The van der Waals surface area contributed by atoms with Gasteiger partial charge in [0.15, 0.2) is 15.4 Å². The van der Waals surface area contributed by atoms with E-state index in [4.69, 9.17) is 9.78 Å². The molecule has 1 heterocycles. The summed E-state index contributed by atoms with van der Waals surface area (Å²) in [6, 6.07) is 23.5.